The molecule has 268 valence electrons. The van der Waals surface area contributed by atoms with Crippen LogP contribution in [0.3, 0.4) is 0 Å². The van der Waals surface area contributed by atoms with Gasteiger partial charge < -0.3 is 4.90 Å². The van der Waals surface area contributed by atoms with E-state index in [1.54, 1.807) is 37.7 Å². The van der Waals surface area contributed by atoms with Gasteiger partial charge in [-0.05, 0) is 123 Å². The smallest absolute Gasteiger partial charge is 0.0382 e. The van der Waals surface area contributed by atoms with Crippen molar-refractivity contribution in [3.8, 4) is 0 Å². The summed E-state index contributed by atoms with van der Waals surface area (Å²) in [6.07, 6.45) is 42.5. The van der Waals surface area contributed by atoms with Crippen molar-refractivity contribution in [3.63, 3.8) is 0 Å². The molecule has 6 aliphatic carbocycles. The molecular formula is C43H73FeNP2. The third-order valence-corrected chi connectivity index (χ3v) is 21.3. The molecule has 4 heteroatoms. The summed E-state index contributed by atoms with van der Waals surface area (Å²) >= 11 is 0. The van der Waals surface area contributed by atoms with Crippen LogP contribution in [0, 0.1) is 5.92 Å². The summed E-state index contributed by atoms with van der Waals surface area (Å²) in [7, 11) is 5.01. The molecule has 6 saturated carbocycles. The monoisotopic (exact) mass is 721 g/mol. The van der Waals surface area contributed by atoms with Crippen molar-refractivity contribution in [3.05, 3.63) is 29.8 Å². The third kappa shape index (κ3) is 10.3. The van der Waals surface area contributed by atoms with Gasteiger partial charge in [0.05, 0.1) is 0 Å². The first-order chi connectivity index (χ1) is 22.7. The second-order valence-corrected chi connectivity index (χ2v) is 22.7. The van der Waals surface area contributed by atoms with Crippen LogP contribution < -0.4 is 5.30 Å². The Bertz CT molecular complexity index is 944. The molecule has 47 heavy (non-hydrogen) atoms. The standard InChI is InChI=1S/C38H63NP2.C5H10.Fe/c1-39(2)38(35-27-17-29-37(35)41(32-22-11-5-12-23-32)33-24-13-6-14-25-33)34-26-15-16-28-36(34)40(30-18-7-3-8-19-30)31-20-9-4-10-21-31;1-2-4-5-3-1;/h15-16,26,28,30-33,35,37-38H,3-14,17-25,27,29H2,1-2H3;1-5H2;/t35?,37?,38-;;/m0../s1. The van der Waals surface area contributed by atoms with Gasteiger partial charge in [-0.15, -0.1) is 0 Å². The van der Waals surface area contributed by atoms with Crippen molar-refractivity contribution in [1.82, 2.24) is 4.90 Å². The van der Waals surface area contributed by atoms with Gasteiger partial charge in [0.25, 0.3) is 0 Å². The van der Waals surface area contributed by atoms with E-state index >= 15 is 0 Å². The Morgan fingerprint density at radius 1 is 0.489 bits per heavy atom. The van der Waals surface area contributed by atoms with Crippen molar-refractivity contribution in [2.45, 2.75) is 214 Å². The second kappa shape index (κ2) is 20.6. The Morgan fingerprint density at radius 2 is 0.894 bits per heavy atom. The van der Waals surface area contributed by atoms with Crippen molar-refractivity contribution in [2.24, 2.45) is 5.92 Å². The van der Waals surface area contributed by atoms with E-state index < -0.39 is 0 Å². The van der Waals surface area contributed by atoms with Gasteiger partial charge in [0.2, 0.25) is 0 Å². The second-order valence-electron chi connectivity index (χ2n) is 16.9. The van der Waals surface area contributed by atoms with E-state index in [9.17, 15) is 0 Å². The van der Waals surface area contributed by atoms with Crippen LogP contribution in [0.5, 0.6) is 0 Å². The molecule has 0 radical (unpaired) electrons. The molecule has 0 saturated heterocycles. The zero-order valence-corrected chi connectivity index (χ0v) is 33.7. The van der Waals surface area contributed by atoms with E-state index in [0.29, 0.717) is 6.04 Å². The average Bonchev–Trinajstić information content (AvgIpc) is 3.85. The molecule has 6 fully saturated rings. The molecule has 0 heterocycles. The van der Waals surface area contributed by atoms with E-state index in [2.05, 4.69) is 43.3 Å². The van der Waals surface area contributed by atoms with Crippen LogP contribution >= 0.6 is 15.8 Å². The zero-order valence-electron chi connectivity index (χ0n) is 30.8. The fraction of sp³-hybridized carbons (Fsp3) is 0.860. The van der Waals surface area contributed by atoms with Gasteiger partial charge in [0.1, 0.15) is 0 Å². The molecule has 1 aromatic rings. The molecule has 1 nitrogen and oxygen atoms in total. The van der Waals surface area contributed by atoms with E-state index in [-0.39, 0.29) is 32.9 Å². The third-order valence-electron chi connectivity index (χ3n) is 13.6. The fourth-order valence-electron chi connectivity index (χ4n) is 11.5. The minimum absolute atomic E-state index is 0. The van der Waals surface area contributed by atoms with Crippen molar-refractivity contribution in [2.75, 3.05) is 14.1 Å². The number of hydrogen-bond acceptors (Lipinski definition) is 1. The molecule has 0 bridgehead atoms. The topological polar surface area (TPSA) is 3.24 Å². The SMILES string of the molecule is C1CCCC1.CN(C)[C@@H](c1ccccc1P(C1CCCCC1)C1CCCCC1)C1CCCC1P(C1CCCCC1)C1CCCCC1.[Fe]. The van der Waals surface area contributed by atoms with E-state index in [1.807, 2.05) is 5.30 Å². The van der Waals surface area contributed by atoms with Crippen molar-refractivity contribution >= 4 is 21.1 Å². The quantitative estimate of drug-likeness (QED) is 0.181. The van der Waals surface area contributed by atoms with Gasteiger partial charge >= 0.3 is 0 Å². The molecule has 7 rings (SSSR count). The Morgan fingerprint density at radius 3 is 1.34 bits per heavy atom. The summed E-state index contributed by atoms with van der Waals surface area (Å²) in [5.41, 5.74) is 6.99. The summed E-state index contributed by atoms with van der Waals surface area (Å²) in [5, 5.41) is 1.88. The van der Waals surface area contributed by atoms with Crippen LogP contribution in [0.4, 0.5) is 0 Å². The maximum Gasteiger partial charge on any atom is 0.0382 e. The molecule has 3 atom stereocenters. The molecule has 0 aliphatic heterocycles. The van der Waals surface area contributed by atoms with Crippen LogP contribution in [0.15, 0.2) is 24.3 Å². The van der Waals surface area contributed by atoms with E-state index in [0.717, 1.165) is 34.2 Å². The zero-order chi connectivity index (χ0) is 31.6. The number of nitrogens with zero attached hydrogens (tertiary/aromatic N) is 1. The van der Waals surface area contributed by atoms with Gasteiger partial charge in [0.15, 0.2) is 0 Å². The Balaban J connectivity index is 0.000000662. The van der Waals surface area contributed by atoms with Gasteiger partial charge in [0, 0.05) is 23.1 Å². The Labute approximate surface area is 305 Å². The van der Waals surface area contributed by atoms with Gasteiger partial charge in [-0.3, -0.25) is 0 Å². The maximum atomic E-state index is 2.73. The van der Waals surface area contributed by atoms with Crippen LogP contribution in [0.1, 0.15) is 191 Å². The molecule has 0 spiro atoms. The summed E-state index contributed by atoms with van der Waals surface area (Å²) in [4.78, 5) is 2.73. The number of hydrogen-bond donors (Lipinski definition) is 0. The number of rotatable bonds is 9. The van der Waals surface area contributed by atoms with Crippen molar-refractivity contribution in [1.29, 1.82) is 0 Å². The summed E-state index contributed by atoms with van der Waals surface area (Å²) in [6.45, 7) is 0. The average molecular weight is 722 g/mol. The Kier molecular flexibility index (Phi) is 17.0. The van der Waals surface area contributed by atoms with Crippen LogP contribution in [-0.2, 0) is 17.1 Å². The maximum absolute atomic E-state index is 2.73. The van der Waals surface area contributed by atoms with Crippen LogP contribution in [-0.4, -0.2) is 47.3 Å². The predicted octanol–water partition coefficient (Wildman–Crippen LogP) is 13.3. The van der Waals surface area contributed by atoms with Crippen LogP contribution in [0.2, 0.25) is 0 Å². The first-order valence-corrected chi connectivity index (χ1v) is 24.1. The van der Waals surface area contributed by atoms with Crippen molar-refractivity contribution < 1.29 is 17.1 Å². The molecular weight excluding hydrogens is 648 g/mol. The first kappa shape index (κ1) is 38.8. The number of benzene rings is 1. The normalized spacial score (nSPS) is 27.9. The Hall–Kier alpha value is 0.559. The minimum atomic E-state index is -0.0597. The minimum Gasteiger partial charge on any atom is -0.302 e. The first-order valence-electron chi connectivity index (χ1n) is 21.0. The molecule has 0 aromatic heterocycles. The predicted molar refractivity (Wildman–Crippen MR) is 208 cm³/mol. The largest absolute Gasteiger partial charge is 0.302 e. The molecule has 2 unspecified atom stereocenters. The van der Waals surface area contributed by atoms with Gasteiger partial charge in [-0.25, -0.2) is 0 Å². The van der Waals surface area contributed by atoms with Crippen LogP contribution in [0.25, 0.3) is 0 Å². The molecule has 0 N–H and O–H groups in total. The van der Waals surface area contributed by atoms with E-state index in [1.165, 1.54) is 148 Å². The molecule has 1 aromatic carbocycles. The summed E-state index contributed by atoms with van der Waals surface area (Å²) in [6, 6.07) is 10.8. The summed E-state index contributed by atoms with van der Waals surface area (Å²) < 4.78 is 0. The fourth-order valence-corrected chi connectivity index (χ4v) is 20.3. The summed E-state index contributed by atoms with van der Waals surface area (Å²) in [5.74, 6) is 0.885. The molecule has 6 aliphatic rings. The van der Waals surface area contributed by atoms with E-state index in [4.69, 9.17) is 0 Å². The molecule has 0 amide bonds. The van der Waals surface area contributed by atoms with Gasteiger partial charge in [-0.1, -0.05) is 156 Å². The van der Waals surface area contributed by atoms with Gasteiger partial charge in [-0.2, -0.15) is 0 Å².